The number of aliphatic hydroxyl groups excluding tert-OH is 2. The Bertz CT molecular complexity index is 1100. The van der Waals surface area contributed by atoms with Gasteiger partial charge in [-0.25, -0.2) is 0 Å². The number of unbranched alkanes of at least 4 members (excludes halogenated alkanes) is 26. The quantitative estimate of drug-likeness (QED) is 0.0273. The summed E-state index contributed by atoms with van der Waals surface area (Å²) in [6.45, 7) is 5.59. The lowest BCUT2D eigenvalue weighted by atomic mass is 9.98. The van der Waals surface area contributed by atoms with E-state index in [-0.39, 0.29) is 11.0 Å². The van der Waals surface area contributed by atoms with Gasteiger partial charge in [0, 0.05) is 0 Å². The van der Waals surface area contributed by atoms with Crippen molar-refractivity contribution in [3.63, 3.8) is 0 Å². The fraction of sp³-hybridized carbons (Fsp3) is 1.00. The first-order valence-electron chi connectivity index (χ1n) is 22.3. The Labute approximate surface area is 334 Å². The molecule has 0 bridgehead atoms. The van der Waals surface area contributed by atoms with Crippen LogP contribution in [0.1, 0.15) is 194 Å². The summed E-state index contributed by atoms with van der Waals surface area (Å²) in [5.41, 5.74) is 0. The number of hydrogen-bond acceptors (Lipinski definition) is 6. The molecule has 0 aromatic rings. The molecular formula is C42H90N2O8S2+2. The summed E-state index contributed by atoms with van der Waals surface area (Å²) in [7, 11) is -2.41. The first kappa shape index (κ1) is 53.7. The minimum Gasteiger partial charge on any atom is -0.386 e. The van der Waals surface area contributed by atoms with E-state index in [2.05, 4.69) is 13.8 Å². The highest BCUT2D eigenvalue weighted by molar-refractivity contribution is 7.86. The second-order valence-corrected chi connectivity index (χ2v) is 21.0. The number of rotatable bonds is 39. The first-order chi connectivity index (χ1) is 25.4. The van der Waals surface area contributed by atoms with Gasteiger partial charge in [-0.05, 0) is 25.7 Å². The van der Waals surface area contributed by atoms with Crippen molar-refractivity contribution in [3.8, 4) is 0 Å². The van der Waals surface area contributed by atoms with E-state index >= 15 is 0 Å². The molecule has 0 fully saturated rings. The van der Waals surface area contributed by atoms with Gasteiger partial charge >= 0.3 is 0 Å². The lowest BCUT2D eigenvalue weighted by molar-refractivity contribution is -0.920. The highest BCUT2D eigenvalue weighted by Gasteiger charge is 2.52. The normalized spacial score (nSPS) is 15.4. The molecule has 54 heavy (non-hydrogen) atoms. The maximum Gasteiger partial charge on any atom is 0.276 e. The minimum atomic E-state index is -4.94. The van der Waals surface area contributed by atoms with Crippen molar-refractivity contribution >= 4 is 20.2 Å². The standard InChI is InChI=1S/C42H88N2O8S2/c1-7-9-11-13-15-17-19-21-23-25-27-29-31-33-35-43(3,4)37-39(45)42(54(50,51)52)41(40(46)38-53(47,48)49)44(5,6)36-34-32-30-28-26-24-22-20-18-16-14-12-10-8-2/h39-42,45-46H,7-38H2,1-6H3/p+2. The first-order valence-corrected chi connectivity index (χ1v) is 25.4. The van der Waals surface area contributed by atoms with E-state index in [0.717, 1.165) is 38.5 Å². The van der Waals surface area contributed by atoms with Gasteiger partial charge in [0.05, 0.1) is 41.3 Å². The predicted molar refractivity (Wildman–Crippen MR) is 227 cm³/mol. The van der Waals surface area contributed by atoms with Crippen molar-refractivity contribution in [1.29, 1.82) is 0 Å². The Kier molecular flexibility index (Phi) is 30.5. The van der Waals surface area contributed by atoms with Crippen molar-refractivity contribution < 1.29 is 45.1 Å². The topological polar surface area (TPSA) is 149 Å². The SMILES string of the molecule is CCCCCCCCCCCCCCCC[N+](C)(C)CC(O)C(C(C(O)CS(=O)(=O)O)[N+](C)(C)CCCCCCCCCCCCCCCC)S(=O)(=O)O. The van der Waals surface area contributed by atoms with Gasteiger partial charge in [0.2, 0.25) is 0 Å². The molecule has 0 aromatic carbocycles. The molecule has 4 unspecified atom stereocenters. The van der Waals surface area contributed by atoms with Gasteiger partial charge in [-0.1, -0.05) is 168 Å². The Balaban J connectivity index is 5.02. The van der Waals surface area contributed by atoms with Gasteiger partial charge in [0.25, 0.3) is 20.2 Å². The van der Waals surface area contributed by atoms with Crippen LogP contribution >= 0.6 is 0 Å². The van der Waals surface area contributed by atoms with Crippen molar-refractivity contribution in [2.75, 3.05) is 53.6 Å². The maximum atomic E-state index is 13.0. The molecular weight excluding hydrogens is 725 g/mol. The van der Waals surface area contributed by atoms with E-state index in [1.807, 2.05) is 14.1 Å². The molecule has 4 atom stereocenters. The summed E-state index contributed by atoms with van der Waals surface area (Å²) in [6, 6.07) is -1.39. The summed E-state index contributed by atoms with van der Waals surface area (Å²) in [4.78, 5) is 0. The molecule has 0 rings (SSSR count). The highest BCUT2D eigenvalue weighted by atomic mass is 32.2. The number of quaternary nitrogens is 2. The molecule has 0 aromatic heterocycles. The van der Waals surface area contributed by atoms with E-state index in [0.29, 0.717) is 24.0 Å². The summed E-state index contributed by atoms with van der Waals surface area (Å²) in [5.74, 6) is -1.09. The van der Waals surface area contributed by atoms with Gasteiger partial charge in [0.1, 0.15) is 30.5 Å². The zero-order valence-corrected chi connectivity index (χ0v) is 37.7. The molecule has 326 valence electrons. The second kappa shape index (κ2) is 30.7. The van der Waals surface area contributed by atoms with Gasteiger partial charge in [0.15, 0.2) is 5.25 Å². The third-order valence-corrected chi connectivity index (χ3v) is 13.6. The van der Waals surface area contributed by atoms with E-state index in [1.54, 1.807) is 14.1 Å². The van der Waals surface area contributed by atoms with Crippen molar-refractivity contribution in [2.24, 2.45) is 0 Å². The van der Waals surface area contributed by atoms with Crippen molar-refractivity contribution in [2.45, 2.75) is 217 Å². The molecule has 4 N–H and O–H groups in total. The lowest BCUT2D eigenvalue weighted by Crippen LogP contribution is -2.67. The molecule has 12 heteroatoms. The third-order valence-electron chi connectivity index (χ3n) is 11.5. The molecule has 0 spiro atoms. The predicted octanol–water partition coefficient (Wildman–Crippen LogP) is 9.34. The van der Waals surface area contributed by atoms with Crippen LogP contribution in [0, 0.1) is 0 Å². The molecule has 0 saturated carbocycles. The van der Waals surface area contributed by atoms with Crippen LogP contribution in [-0.4, -0.2) is 122 Å². The molecule has 0 aliphatic heterocycles. The van der Waals surface area contributed by atoms with Crippen molar-refractivity contribution in [1.82, 2.24) is 0 Å². The zero-order chi connectivity index (χ0) is 40.9. The van der Waals surface area contributed by atoms with Crippen LogP contribution in [0.25, 0.3) is 0 Å². The Morgan fingerprint density at radius 2 is 0.741 bits per heavy atom. The summed E-state index contributed by atoms with van der Waals surface area (Å²) in [6.07, 6.45) is 30.7. The van der Waals surface area contributed by atoms with Crippen LogP contribution in [0.3, 0.4) is 0 Å². The Morgan fingerprint density at radius 1 is 0.444 bits per heavy atom. The Hall–Kier alpha value is -0.340. The fourth-order valence-corrected chi connectivity index (χ4v) is 10.3. The van der Waals surface area contributed by atoms with Crippen LogP contribution < -0.4 is 0 Å². The average Bonchev–Trinajstić information content (AvgIpc) is 3.05. The zero-order valence-electron chi connectivity index (χ0n) is 36.1. The summed E-state index contributed by atoms with van der Waals surface area (Å²) < 4.78 is 69.9. The van der Waals surface area contributed by atoms with Gasteiger partial charge < -0.3 is 19.2 Å². The number of likely N-dealkylation sites (N-methyl/N-ethyl adjacent to an activating group) is 2. The summed E-state index contributed by atoms with van der Waals surface area (Å²) in [5, 5.41) is 20.8. The molecule has 0 amide bonds. The van der Waals surface area contributed by atoms with Crippen LogP contribution in [-0.2, 0) is 20.2 Å². The minimum absolute atomic E-state index is 0.00312. The van der Waals surface area contributed by atoms with E-state index in [1.165, 1.54) is 135 Å². The van der Waals surface area contributed by atoms with Crippen LogP contribution in [0.2, 0.25) is 0 Å². The van der Waals surface area contributed by atoms with Gasteiger partial charge in [-0.2, -0.15) is 16.8 Å². The highest BCUT2D eigenvalue weighted by Crippen LogP contribution is 2.27. The number of nitrogens with zero attached hydrogens (tertiary/aromatic N) is 2. The maximum absolute atomic E-state index is 13.0. The molecule has 0 aliphatic rings. The van der Waals surface area contributed by atoms with E-state index in [4.69, 9.17) is 0 Å². The monoisotopic (exact) mass is 815 g/mol. The average molecular weight is 815 g/mol. The second-order valence-electron chi connectivity index (χ2n) is 17.9. The summed E-state index contributed by atoms with van der Waals surface area (Å²) >= 11 is 0. The Morgan fingerprint density at radius 3 is 1.04 bits per heavy atom. The molecule has 10 nitrogen and oxygen atoms in total. The molecule has 0 saturated heterocycles. The van der Waals surface area contributed by atoms with Crippen LogP contribution in [0.4, 0.5) is 0 Å². The van der Waals surface area contributed by atoms with Crippen LogP contribution in [0.15, 0.2) is 0 Å². The smallest absolute Gasteiger partial charge is 0.276 e. The lowest BCUT2D eigenvalue weighted by Gasteiger charge is -2.45. The van der Waals surface area contributed by atoms with Crippen molar-refractivity contribution in [3.05, 3.63) is 0 Å². The van der Waals surface area contributed by atoms with Crippen LogP contribution in [0.5, 0.6) is 0 Å². The van der Waals surface area contributed by atoms with Gasteiger partial charge in [-0.15, -0.1) is 0 Å². The molecule has 0 aliphatic carbocycles. The third kappa shape index (κ3) is 29.0. The largest absolute Gasteiger partial charge is 0.386 e. The molecule has 0 heterocycles. The fourth-order valence-electron chi connectivity index (χ4n) is 8.30. The number of aliphatic hydroxyl groups is 2. The van der Waals surface area contributed by atoms with E-state index < -0.39 is 49.5 Å². The molecule has 0 radical (unpaired) electrons. The van der Waals surface area contributed by atoms with Gasteiger partial charge in [-0.3, -0.25) is 9.11 Å². The van der Waals surface area contributed by atoms with E-state index in [9.17, 15) is 36.2 Å². The number of hydrogen-bond donors (Lipinski definition) is 4.